The average molecular weight is 260 g/mol. The lowest BCUT2D eigenvalue weighted by Crippen LogP contribution is -1.86. The summed E-state index contributed by atoms with van der Waals surface area (Å²) >= 11 is 0. The van der Waals surface area contributed by atoms with Crippen molar-refractivity contribution in [1.82, 2.24) is 9.97 Å². The van der Waals surface area contributed by atoms with Crippen LogP contribution in [0.3, 0.4) is 0 Å². The van der Waals surface area contributed by atoms with E-state index >= 15 is 0 Å². The molecule has 0 bridgehead atoms. The molecule has 0 saturated carbocycles. The van der Waals surface area contributed by atoms with Crippen molar-refractivity contribution in [1.29, 1.82) is 0 Å². The first-order chi connectivity index (χ1) is 9.81. The summed E-state index contributed by atoms with van der Waals surface area (Å²) in [6.45, 7) is 2.14. The topological polar surface area (TPSA) is 31.6 Å². The van der Waals surface area contributed by atoms with E-state index in [9.17, 15) is 0 Å². The zero-order chi connectivity index (χ0) is 13.5. The maximum atomic E-state index is 3.50. The molecule has 98 valence electrons. The first-order valence-corrected chi connectivity index (χ1v) is 6.93. The number of fused-ring (bicyclic) bond motifs is 2. The third kappa shape index (κ3) is 1.73. The minimum Gasteiger partial charge on any atom is -0.361 e. The molecule has 0 atom stereocenters. The van der Waals surface area contributed by atoms with E-state index in [1.54, 1.807) is 0 Å². The third-order valence-electron chi connectivity index (χ3n) is 3.98. The summed E-state index contributed by atoms with van der Waals surface area (Å²) in [7, 11) is 0. The number of aromatic amines is 2. The molecule has 0 saturated heterocycles. The maximum absolute atomic E-state index is 3.50. The van der Waals surface area contributed by atoms with Gasteiger partial charge in [0.05, 0.1) is 0 Å². The lowest BCUT2D eigenvalue weighted by molar-refractivity contribution is 1.13. The van der Waals surface area contributed by atoms with E-state index in [4.69, 9.17) is 0 Å². The van der Waals surface area contributed by atoms with Gasteiger partial charge >= 0.3 is 0 Å². The summed E-state index contributed by atoms with van der Waals surface area (Å²) in [5.41, 5.74) is 6.35. The second kappa shape index (κ2) is 4.27. The van der Waals surface area contributed by atoms with E-state index in [1.807, 2.05) is 0 Å². The standard InChI is InChI=1S/C18H16N2/c1-12-5-4-7-16-14(11-19-18(12)16)10-15-9-13-6-2-3-8-17(13)20-15/h2-9,11,19-20H,10H2,1H3. The van der Waals surface area contributed by atoms with Crippen molar-refractivity contribution < 1.29 is 0 Å². The number of para-hydroxylation sites is 2. The zero-order valence-corrected chi connectivity index (χ0v) is 11.4. The van der Waals surface area contributed by atoms with Crippen molar-refractivity contribution in [2.24, 2.45) is 0 Å². The summed E-state index contributed by atoms with van der Waals surface area (Å²) < 4.78 is 0. The molecule has 4 rings (SSSR count). The van der Waals surface area contributed by atoms with Crippen LogP contribution >= 0.6 is 0 Å². The summed E-state index contributed by atoms with van der Waals surface area (Å²) in [6.07, 6.45) is 3.06. The van der Waals surface area contributed by atoms with Crippen molar-refractivity contribution in [3.8, 4) is 0 Å². The lowest BCUT2D eigenvalue weighted by atomic mass is 10.1. The van der Waals surface area contributed by atoms with E-state index in [0.717, 1.165) is 6.42 Å². The minimum absolute atomic E-state index is 0.929. The fourth-order valence-corrected chi connectivity index (χ4v) is 2.94. The van der Waals surface area contributed by atoms with Gasteiger partial charge < -0.3 is 9.97 Å². The van der Waals surface area contributed by atoms with Gasteiger partial charge in [-0.25, -0.2) is 0 Å². The van der Waals surface area contributed by atoms with Gasteiger partial charge in [-0.05, 0) is 35.6 Å². The summed E-state index contributed by atoms with van der Waals surface area (Å²) in [5.74, 6) is 0. The predicted octanol–water partition coefficient (Wildman–Crippen LogP) is 4.55. The number of nitrogens with one attached hydrogen (secondary N) is 2. The molecule has 2 heterocycles. The molecule has 2 heteroatoms. The van der Waals surface area contributed by atoms with Gasteiger partial charge in [-0.15, -0.1) is 0 Å². The Kier molecular flexibility index (Phi) is 2.43. The zero-order valence-electron chi connectivity index (χ0n) is 11.4. The van der Waals surface area contributed by atoms with Crippen LogP contribution in [0.15, 0.2) is 54.7 Å². The lowest BCUT2D eigenvalue weighted by Gasteiger charge is -1.99. The van der Waals surface area contributed by atoms with Crippen LogP contribution in [0.2, 0.25) is 0 Å². The summed E-state index contributed by atoms with van der Waals surface area (Å²) in [6, 6.07) is 17.1. The number of hydrogen-bond acceptors (Lipinski definition) is 0. The number of aryl methyl sites for hydroxylation is 1. The molecule has 2 nitrogen and oxygen atoms in total. The molecule has 4 aromatic rings. The highest BCUT2D eigenvalue weighted by molar-refractivity contribution is 5.86. The Morgan fingerprint density at radius 1 is 1.00 bits per heavy atom. The van der Waals surface area contributed by atoms with Crippen molar-refractivity contribution in [3.05, 3.63) is 71.5 Å². The van der Waals surface area contributed by atoms with Crippen LogP contribution in [-0.4, -0.2) is 9.97 Å². The number of benzene rings is 2. The van der Waals surface area contributed by atoms with Gasteiger partial charge in [-0.2, -0.15) is 0 Å². The van der Waals surface area contributed by atoms with Gasteiger partial charge in [0.15, 0.2) is 0 Å². The van der Waals surface area contributed by atoms with Gasteiger partial charge in [0.1, 0.15) is 0 Å². The van der Waals surface area contributed by atoms with Gasteiger partial charge in [0, 0.05) is 34.7 Å². The van der Waals surface area contributed by atoms with Crippen LogP contribution in [0.25, 0.3) is 21.8 Å². The van der Waals surface area contributed by atoms with E-state index in [2.05, 4.69) is 71.6 Å². The molecule has 0 aliphatic rings. The maximum Gasteiger partial charge on any atom is 0.0486 e. The Balaban J connectivity index is 1.78. The molecular formula is C18H16N2. The number of H-pyrrole nitrogens is 2. The minimum atomic E-state index is 0.929. The van der Waals surface area contributed by atoms with Crippen LogP contribution in [0.1, 0.15) is 16.8 Å². The van der Waals surface area contributed by atoms with Crippen molar-refractivity contribution >= 4 is 21.8 Å². The smallest absolute Gasteiger partial charge is 0.0486 e. The van der Waals surface area contributed by atoms with Crippen LogP contribution < -0.4 is 0 Å². The van der Waals surface area contributed by atoms with Gasteiger partial charge in [-0.1, -0.05) is 36.4 Å². The Morgan fingerprint density at radius 2 is 1.90 bits per heavy atom. The van der Waals surface area contributed by atoms with E-state index in [1.165, 1.54) is 38.6 Å². The predicted molar refractivity (Wildman–Crippen MR) is 84.1 cm³/mol. The van der Waals surface area contributed by atoms with Crippen LogP contribution in [0, 0.1) is 6.92 Å². The van der Waals surface area contributed by atoms with Crippen LogP contribution in [0.4, 0.5) is 0 Å². The molecule has 20 heavy (non-hydrogen) atoms. The molecule has 0 aliphatic heterocycles. The molecule has 0 amide bonds. The Morgan fingerprint density at radius 3 is 2.80 bits per heavy atom. The first-order valence-electron chi connectivity index (χ1n) is 6.93. The largest absolute Gasteiger partial charge is 0.361 e. The normalized spacial score (nSPS) is 11.4. The van der Waals surface area contributed by atoms with Crippen molar-refractivity contribution in [3.63, 3.8) is 0 Å². The molecule has 2 aromatic heterocycles. The molecule has 0 aliphatic carbocycles. The number of aromatic nitrogens is 2. The second-order valence-electron chi connectivity index (χ2n) is 5.37. The molecule has 0 spiro atoms. The fourth-order valence-electron chi connectivity index (χ4n) is 2.94. The monoisotopic (exact) mass is 260 g/mol. The van der Waals surface area contributed by atoms with E-state index in [-0.39, 0.29) is 0 Å². The van der Waals surface area contributed by atoms with Crippen molar-refractivity contribution in [2.45, 2.75) is 13.3 Å². The Bertz CT molecular complexity index is 863. The Hall–Kier alpha value is -2.48. The highest BCUT2D eigenvalue weighted by Gasteiger charge is 2.07. The van der Waals surface area contributed by atoms with Crippen LogP contribution in [-0.2, 0) is 6.42 Å². The van der Waals surface area contributed by atoms with Gasteiger partial charge in [-0.3, -0.25) is 0 Å². The average Bonchev–Trinajstić information content (AvgIpc) is 3.04. The van der Waals surface area contributed by atoms with Crippen LogP contribution in [0.5, 0.6) is 0 Å². The fraction of sp³-hybridized carbons (Fsp3) is 0.111. The Labute approximate surface area is 117 Å². The summed E-state index contributed by atoms with van der Waals surface area (Å²) in [4.78, 5) is 6.90. The molecule has 0 fully saturated rings. The third-order valence-corrected chi connectivity index (χ3v) is 3.98. The van der Waals surface area contributed by atoms with Gasteiger partial charge in [0.25, 0.3) is 0 Å². The SMILES string of the molecule is Cc1cccc2c(Cc3cc4ccccc4[nH]3)c[nH]c12. The number of rotatable bonds is 2. The highest BCUT2D eigenvalue weighted by Crippen LogP contribution is 2.24. The first kappa shape index (κ1) is 11.4. The van der Waals surface area contributed by atoms with E-state index in [0.29, 0.717) is 0 Å². The highest BCUT2D eigenvalue weighted by atomic mass is 14.7. The molecular weight excluding hydrogens is 244 g/mol. The summed E-state index contributed by atoms with van der Waals surface area (Å²) in [5, 5.41) is 2.60. The van der Waals surface area contributed by atoms with E-state index < -0.39 is 0 Å². The second-order valence-corrected chi connectivity index (χ2v) is 5.37. The molecule has 0 radical (unpaired) electrons. The molecule has 0 unspecified atom stereocenters. The molecule has 2 N–H and O–H groups in total. The molecule has 2 aromatic carbocycles. The van der Waals surface area contributed by atoms with Gasteiger partial charge in [0.2, 0.25) is 0 Å². The van der Waals surface area contributed by atoms with Crippen molar-refractivity contribution in [2.75, 3.05) is 0 Å². The quantitative estimate of drug-likeness (QED) is 0.530. The number of hydrogen-bond donors (Lipinski definition) is 2.